The van der Waals surface area contributed by atoms with Gasteiger partial charge in [0, 0.05) is 6.07 Å². The molecule has 0 bridgehead atoms. The number of rotatable bonds is 4. The predicted octanol–water partition coefficient (Wildman–Crippen LogP) is -3.77. The zero-order valence-electron chi connectivity index (χ0n) is 6.84. The molecule has 1 rings (SSSR count). The second-order valence-corrected chi connectivity index (χ2v) is 2.98. The van der Waals surface area contributed by atoms with E-state index >= 15 is 0 Å². The number of hydrogen-bond donors (Lipinski definition) is 2. The Morgan fingerprint density at radius 1 is 1.77 bits per heavy atom. The summed E-state index contributed by atoms with van der Waals surface area (Å²) in [5.74, 6) is 0.253. The van der Waals surface area contributed by atoms with Gasteiger partial charge in [0.25, 0.3) is 7.82 Å². The molecule has 0 spiro atoms. The number of H-pyrrole nitrogens is 1. The van der Waals surface area contributed by atoms with E-state index in [1.54, 1.807) is 0 Å². The van der Waals surface area contributed by atoms with E-state index in [1.165, 1.54) is 12.3 Å². The maximum atomic E-state index is 10.0. The molecule has 7 nitrogen and oxygen atoms in total. The van der Waals surface area contributed by atoms with E-state index in [9.17, 15) is 9.46 Å². The fourth-order valence-electron chi connectivity index (χ4n) is 0.480. The Bertz CT molecular complexity index is 272. The summed E-state index contributed by atoms with van der Waals surface area (Å²) < 4.78 is 18.6. The first kappa shape index (κ1) is 13.1. The first-order chi connectivity index (χ1) is 5.58. The van der Waals surface area contributed by atoms with E-state index in [-0.39, 0.29) is 35.4 Å². The van der Waals surface area contributed by atoms with E-state index in [0.29, 0.717) is 0 Å². The summed E-state index contributed by atoms with van der Waals surface area (Å²) in [6.45, 7) is -0.584. The summed E-state index contributed by atoms with van der Waals surface area (Å²) in [5.41, 5.74) is 0. The summed E-state index contributed by atoms with van der Waals surface area (Å²) in [6.07, 6.45) is 1.42. The van der Waals surface area contributed by atoms with Gasteiger partial charge in [0.05, 0.1) is 6.20 Å². The normalized spacial score (nSPS) is 14.3. The summed E-state index contributed by atoms with van der Waals surface area (Å²) >= 11 is 0. The van der Waals surface area contributed by atoms with Crippen LogP contribution in [-0.4, -0.2) is 21.9 Å². The summed E-state index contributed by atoms with van der Waals surface area (Å²) in [6, 6.07) is 1.47. The molecule has 1 aromatic heterocycles. The van der Waals surface area contributed by atoms with Crippen molar-refractivity contribution in [2.75, 3.05) is 6.79 Å². The van der Waals surface area contributed by atoms with Crippen LogP contribution in [0.5, 0.6) is 5.88 Å². The minimum Gasteiger partial charge on any atom is -0.756 e. The predicted molar refractivity (Wildman–Crippen MR) is 35.0 cm³/mol. The molecular formula is C4H6N2NaO5P. The van der Waals surface area contributed by atoms with Crippen LogP contribution in [0.25, 0.3) is 0 Å². The minimum absolute atomic E-state index is 0. The van der Waals surface area contributed by atoms with Crippen LogP contribution < -0.4 is 39.2 Å². The number of nitrogens with zero attached hydrogens (tertiary/aromatic N) is 1. The van der Waals surface area contributed by atoms with Gasteiger partial charge in [-0.25, -0.2) is 5.10 Å². The Morgan fingerprint density at radius 3 is 2.92 bits per heavy atom. The van der Waals surface area contributed by atoms with Crippen molar-refractivity contribution in [2.24, 2.45) is 0 Å². The monoisotopic (exact) mass is 216 g/mol. The van der Waals surface area contributed by atoms with Crippen LogP contribution in [0.1, 0.15) is 0 Å². The van der Waals surface area contributed by atoms with Crippen LogP contribution in [0.3, 0.4) is 0 Å². The number of aromatic amines is 1. The fraction of sp³-hybridized carbons (Fsp3) is 0.250. The molecule has 0 aliphatic heterocycles. The van der Waals surface area contributed by atoms with E-state index in [1.807, 2.05) is 0 Å². The third-order valence-corrected chi connectivity index (χ3v) is 1.34. The van der Waals surface area contributed by atoms with E-state index < -0.39 is 14.6 Å². The van der Waals surface area contributed by atoms with Gasteiger partial charge >= 0.3 is 29.6 Å². The zero-order valence-corrected chi connectivity index (χ0v) is 9.73. The van der Waals surface area contributed by atoms with Crippen LogP contribution >= 0.6 is 7.82 Å². The van der Waals surface area contributed by atoms with Crippen LogP contribution in [-0.2, 0) is 9.09 Å². The van der Waals surface area contributed by atoms with Crippen molar-refractivity contribution >= 4 is 7.82 Å². The van der Waals surface area contributed by atoms with Gasteiger partial charge < -0.3 is 14.5 Å². The molecule has 0 aromatic carbocycles. The van der Waals surface area contributed by atoms with Gasteiger partial charge in [-0.1, -0.05) is 0 Å². The van der Waals surface area contributed by atoms with E-state index in [0.717, 1.165) is 0 Å². The fourth-order valence-corrected chi connectivity index (χ4v) is 0.666. The standard InChI is InChI=1S/C4H7N2O5P.Na/c7-12(8,9)11-3-10-4-1-2-5-6-4;/h1-2H,3H2,(H,5,6)(H2,7,8,9);/q;+1/p-1. The van der Waals surface area contributed by atoms with Crippen LogP contribution in [0, 0.1) is 0 Å². The molecular weight excluding hydrogens is 210 g/mol. The number of phosphoric acid groups is 1. The van der Waals surface area contributed by atoms with Crippen LogP contribution in [0.2, 0.25) is 0 Å². The largest absolute Gasteiger partial charge is 1.00 e. The maximum absolute atomic E-state index is 10.0. The summed E-state index contributed by atoms with van der Waals surface area (Å²) in [7, 11) is -4.69. The third kappa shape index (κ3) is 6.23. The van der Waals surface area contributed by atoms with Gasteiger partial charge in [0.1, 0.15) is 0 Å². The summed E-state index contributed by atoms with van der Waals surface area (Å²) in [5, 5.41) is 5.92. The smallest absolute Gasteiger partial charge is 0.756 e. The van der Waals surface area contributed by atoms with Crippen LogP contribution in [0.4, 0.5) is 0 Å². The Labute approximate surface area is 96.0 Å². The molecule has 2 N–H and O–H groups in total. The Hall–Kier alpha value is 0.120. The zero-order chi connectivity index (χ0) is 9.03. The van der Waals surface area contributed by atoms with Crippen molar-refractivity contribution in [1.29, 1.82) is 0 Å². The van der Waals surface area contributed by atoms with Gasteiger partial charge in [-0.2, -0.15) is 5.10 Å². The van der Waals surface area contributed by atoms with Gasteiger partial charge in [-0.05, 0) is 0 Å². The number of aromatic nitrogens is 2. The van der Waals surface area contributed by atoms with Crippen molar-refractivity contribution in [2.45, 2.75) is 0 Å². The van der Waals surface area contributed by atoms with Crippen molar-refractivity contribution < 1.29 is 53.2 Å². The molecule has 68 valence electrons. The topological polar surface area (TPSA) is 108 Å². The maximum Gasteiger partial charge on any atom is 1.00 e. The molecule has 9 heteroatoms. The molecule has 0 saturated heterocycles. The molecule has 0 aliphatic carbocycles. The van der Waals surface area contributed by atoms with Crippen LogP contribution in [0.15, 0.2) is 12.3 Å². The molecule has 1 heterocycles. The Kier molecular flexibility index (Phi) is 5.82. The molecule has 1 unspecified atom stereocenters. The van der Waals surface area contributed by atoms with Crippen molar-refractivity contribution in [1.82, 2.24) is 10.2 Å². The quantitative estimate of drug-likeness (QED) is 0.304. The molecule has 1 atom stereocenters. The van der Waals surface area contributed by atoms with Crippen molar-refractivity contribution in [3.8, 4) is 5.88 Å². The Morgan fingerprint density at radius 2 is 2.46 bits per heavy atom. The minimum atomic E-state index is -4.69. The molecule has 13 heavy (non-hydrogen) atoms. The first-order valence-corrected chi connectivity index (χ1v) is 4.38. The number of ether oxygens (including phenoxy) is 1. The van der Waals surface area contributed by atoms with Crippen molar-refractivity contribution in [3.63, 3.8) is 0 Å². The second kappa shape index (κ2) is 5.77. The van der Waals surface area contributed by atoms with Gasteiger partial charge in [-0.3, -0.25) is 9.09 Å². The first-order valence-electron chi connectivity index (χ1n) is 2.88. The number of nitrogens with one attached hydrogen (secondary N) is 1. The molecule has 0 saturated carbocycles. The molecule has 0 fully saturated rings. The molecule has 1 aromatic rings. The molecule has 0 aliphatic rings. The second-order valence-electron chi connectivity index (χ2n) is 1.78. The van der Waals surface area contributed by atoms with Gasteiger partial charge in [0.15, 0.2) is 6.79 Å². The number of phosphoric ester groups is 1. The van der Waals surface area contributed by atoms with Gasteiger partial charge in [-0.15, -0.1) is 0 Å². The van der Waals surface area contributed by atoms with Gasteiger partial charge in [0.2, 0.25) is 5.88 Å². The summed E-state index contributed by atoms with van der Waals surface area (Å²) in [4.78, 5) is 18.1. The Balaban J connectivity index is 0.00000144. The molecule has 0 radical (unpaired) electrons. The van der Waals surface area contributed by atoms with E-state index in [2.05, 4.69) is 19.5 Å². The van der Waals surface area contributed by atoms with Crippen molar-refractivity contribution in [3.05, 3.63) is 12.3 Å². The molecule has 0 amide bonds. The average Bonchev–Trinajstić information content (AvgIpc) is 2.36. The average molecular weight is 216 g/mol. The SMILES string of the molecule is O=P([O-])(O)OCOc1ccn[nH]1.[Na+]. The number of hydrogen-bond acceptors (Lipinski definition) is 5. The third-order valence-electron chi connectivity index (χ3n) is 0.905. The van der Waals surface area contributed by atoms with E-state index in [4.69, 9.17) is 4.89 Å².